The number of aromatic nitrogens is 2. The fourth-order valence-electron chi connectivity index (χ4n) is 2.20. The van der Waals surface area contributed by atoms with Crippen molar-refractivity contribution in [1.82, 2.24) is 26.4 Å². The first kappa shape index (κ1) is 16.7. The second kappa shape index (κ2) is 8.07. The zero-order chi connectivity index (χ0) is 17.5. The van der Waals surface area contributed by atoms with E-state index in [2.05, 4.69) is 26.4 Å². The number of hydrogen-bond donors (Lipinski definition) is 4. The van der Waals surface area contributed by atoms with Gasteiger partial charge in [-0.2, -0.15) is 5.10 Å². The Balaban J connectivity index is 1.49. The van der Waals surface area contributed by atoms with Crippen molar-refractivity contribution in [3.63, 3.8) is 0 Å². The van der Waals surface area contributed by atoms with Gasteiger partial charge in [0, 0.05) is 12.1 Å². The third-order valence-corrected chi connectivity index (χ3v) is 3.72. The van der Waals surface area contributed by atoms with E-state index in [0.717, 1.165) is 11.1 Å². The minimum atomic E-state index is -0.349. The van der Waals surface area contributed by atoms with E-state index >= 15 is 0 Å². The molecular formula is C18H17N5OS. The van der Waals surface area contributed by atoms with Crippen molar-refractivity contribution in [3.05, 3.63) is 78.0 Å². The van der Waals surface area contributed by atoms with E-state index in [1.807, 2.05) is 60.7 Å². The predicted molar refractivity (Wildman–Crippen MR) is 101 cm³/mol. The lowest BCUT2D eigenvalue weighted by Gasteiger charge is -2.10. The predicted octanol–water partition coefficient (Wildman–Crippen LogP) is 2.39. The van der Waals surface area contributed by atoms with Gasteiger partial charge < -0.3 is 5.32 Å². The maximum Gasteiger partial charge on any atom is 0.287 e. The Hall–Kier alpha value is -3.19. The number of nitrogens with zero attached hydrogens (tertiary/aromatic N) is 1. The van der Waals surface area contributed by atoms with Crippen LogP contribution >= 0.6 is 12.2 Å². The number of hydrogen-bond acceptors (Lipinski definition) is 3. The highest BCUT2D eigenvalue weighted by molar-refractivity contribution is 7.80. The lowest BCUT2D eigenvalue weighted by atomic mass is 10.1. The number of carbonyl (C=O) groups excluding carboxylic acids is 1. The lowest BCUT2D eigenvalue weighted by molar-refractivity contribution is 0.0938. The summed E-state index contributed by atoms with van der Waals surface area (Å²) in [6.45, 7) is 0.574. The van der Waals surface area contributed by atoms with E-state index in [1.165, 1.54) is 0 Å². The van der Waals surface area contributed by atoms with Crippen LogP contribution < -0.4 is 16.2 Å². The molecule has 0 unspecified atom stereocenters. The topological polar surface area (TPSA) is 81.8 Å². The van der Waals surface area contributed by atoms with Crippen molar-refractivity contribution < 1.29 is 4.79 Å². The van der Waals surface area contributed by atoms with Crippen molar-refractivity contribution in [2.75, 3.05) is 0 Å². The molecule has 0 spiro atoms. The summed E-state index contributed by atoms with van der Waals surface area (Å²) in [7, 11) is 0. The van der Waals surface area contributed by atoms with E-state index in [0.29, 0.717) is 23.0 Å². The van der Waals surface area contributed by atoms with E-state index in [9.17, 15) is 4.79 Å². The van der Waals surface area contributed by atoms with E-state index in [4.69, 9.17) is 12.2 Å². The molecule has 0 fully saturated rings. The number of aromatic amines is 1. The van der Waals surface area contributed by atoms with Crippen LogP contribution in [0.4, 0.5) is 0 Å². The molecule has 1 aromatic heterocycles. The van der Waals surface area contributed by atoms with Crippen LogP contribution in [-0.4, -0.2) is 21.2 Å². The molecule has 0 aliphatic carbocycles. The highest BCUT2D eigenvalue weighted by Gasteiger charge is 2.11. The molecule has 0 aliphatic heterocycles. The number of nitrogens with one attached hydrogen (secondary N) is 4. The maximum absolute atomic E-state index is 12.1. The molecule has 0 bridgehead atoms. The van der Waals surface area contributed by atoms with E-state index in [-0.39, 0.29) is 5.91 Å². The van der Waals surface area contributed by atoms with Gasteiger partial charge in [0.2, 0.25) is 0 Å². The Morgan fingerprint density at radius 1 is 1.00 bits per heavy atom. The number of benzene rings is 2. The number of thiocarbonyl (C=S) groups is 1. The summed E-state index contributed by atoms with van der Waals surface area (Å²) >= 11 is 5.14. The Bertz CT molecular complexity index is 848. The third kappa shape index (κ3) is 4.65. The Morgan fingerprint density at radius 2 is 1.68 bits per heavy atom. The van der Waals surface area contributed by atoms with E-state index in [1.54, 1.807) is 6.07 Å². The second-order valence-electron chi connectivity index (χ2n) is 5.28. The van der Waals surface area contributed by atoms with Crippen LogP contribution in [0.1, 0.15) is 16.1 Å². The quantitative estimate of drug-likeness (QED) is 0.429. The number of H-pyrrole nitrogens is 1. The summed E-state index contributed by atoms with van der Waals surface area (Å²) in [4.78, 5) is 12.1. The van der Waals surface area contributed by atoms with Crippen LogP contribution in [0.15, 0.2) is 66.7 Å². The first-order valence-corrected chi connectivity index (χ1v) is 8.12. The molecule has 0 radical (unpaired) electrons. The summed E-state index contributed by atoms with van der Waals surface area (Å²) in [6, 6.07) is 21.2. The summed E-state index contributed by atoms with van der Waals surface area (Å²) in [6.07, 6.45) is 0. The first-order valence-electron chi connectivity index (χ1n) is 7.71. The van der Waals surface area contributed by atoms with Crippen molar-refractivity contribution in [2.24, 2.45) is 0 Å². The lowest BCUT2D eigenvalue weighted by Crippen LogP contribution is -2.46. The van der Waals surface area contributed by atoms with Crippen LogP contribution in [0.25, 0.3) is 11.3 Å². The van der Waals surface area contributed by atoms with E-state index < -0.39 is 0 Å². The highest BCUT2D eigenvalue weighted by Crippen LogP contribution is 2.16. The summed E-state index contributed by atoms with van der Waals surface area (Å²) in [5, 5.41) is 10.2. The normalized spacial score (nSPS) is 10.1. The molecule has 25 heavy (non-hydrogen) atoms. The van der Waals surface area contributed by atoms with Crippen LogP contribution in [0.2, 0.25) is 0 Å². The minimum Gasteiger partial charge on any atom is -0.357 e. The fourth-order valence-corrected chi connectivity index (χ4v) is 2.32. The minimum absolute atomic E-state index is 0.333. The fraction of sp³-hybridized carbons (Fsp3) is 0.0556. The second-order valence-corrected chi connectivity index (χ2v) is 5.69. The Labute approximate surface area is 150 Å². The van der Waals surface area contributed by atoms with Gasteiger partial charge in [-0.1, -0.05) is 60.7 Å². The zero-order valence-corrected chi connectivity index (χ0v) is 14.1. The van der Waals surface area contributed by atoms with Crippen LogP contribution in [-0.2, 0) is 6.54 Å². The molecular weight excluding hydrogens is 334 g/mol. The molecule has 3 rings (SSSR count). The largest absolute Gasteiger partial charge is 0.357 e. The van der Waals surface area contributed by atoms with Gasteiger partial charge in [-0.05, 0) is 23.8 Å². The molecule has 1 amide bonds. The molecule has 4 N–H and O–H groups in total. The number of carbonyl (C=O) groups is 1. The summed E-state index contributed by atoms with van der Waals surface area (Å²) in [5.41, 5.74) is 8.29. The molecule has 0 aliphatic rings. The monoisotopic (exact) mass is 351 g/mol. The molecule has 0 saturated carbocycles. The average Bonchev–Trinajstić information content (AvgIpc) is 3.16. The summed E-state index contributed by atoms with van der Waals surface area (Å²) in [5.74, 6) is -0.349. The van der Waals surface area contributed by atoms with Gasteiger partial charge in [0.05, 0.1) is 5.69 Å². The molecule has 7 heteroatoms. The smallest absolute Gasteiger partial charge is 0.287 e. The Kier molecular flexibility index (Phi) is 5.38. The molecule has 1 heterocycles. The molecule has 2 aromatic carbocycles. The van der Waals surface area contributed by atoms with Gasteiger partial charge in [-0.3, -0.25) is 20.7 Å². The zero-order valence-electron chi connectivity index (χ0n) is 13.3. The van der Waals surface area contributed by atoms with Gasteiger partial charge in [-0.25, -0.2) is 0 Å². The van der Waals surface area contributed by atoms with Gasteiger partial charge in [-0.15, -0.1) is 0 Å². The molecule has 3 aromatic rings. The standard InChI is InChI=1S/C18H17N5OS/c24-17(16-11-15(20-21-16)14-9-5-2-6-10-14)22-23-18(25)19-12-13-7-3-1-4-8-13/h1-11H,12H2,(H,20,21)(H,22,24)(H2,19,23,25). The first-order chi connectivity index (χ1) is 12.2. The van der Waals surface area contributed by atoms with Gasteiger partial charge in [0.25, 0.3) is 5.91 Å². The maximum atomic E-state index is 12.1. The SMILES string of the molecule is O=C(NNC(=S)NCc1ccccc1)c1cc(-c2ccccc2)n[nH]1. The number of hydrazine groups is 1. The van der Waals surface area contributed by atoms with Gasteiger partial charge >= 0.3 is 0 Å². The van der Waals surface area contributed by atoms with Crippen LogP contribution in [0.3, 0.4) is 0 Å². The van der Waals surface area contributed by atoms with Gasteiger partial charge in [0.15, 0.2) is 5.11 Å². The number of amides is 1. The van der Waals surface area contributed by atoms with Crippen LogP contribution in [0.5, 0.6) is 0 Å². The Morgan fingerprint density at radius 3 is 2.40 bits per heavy atom. The molecule has 6 nitrogen and oxygen atoms in total. The number of rotatable bonds is 4. The molecule has 0 atom stereocenters. The average molecular weight is 351 g/mol. The molecule has 0 saturated heterocycles. The highest BCUT2D eigenvalue weighted by atomic mass is 32.1. The molecule has 126 valence electrons. The van der Waals surface area contributed by atoms with Crippen LogP contribution in [0, 0.1) is 0 Å². The summed E-state index contributed by atoms with van der Waals surface area (Å²) < 4.78 is 0. The van der Waals surface area contributed by atoms with Crippen molar-refractivity contribution in [1.29, 1.82) is 0 Å². The van der Waals surface area contributed by atoms with Crippen molar-refractivity contribution in [2.45, 2.75) is 6.54 Å². The van der Waals surface area contributed by atoms with Gasteiger partial charge in [0.1, 0.15) is 5.69 Å². The van der Waals surface area contributed by atoms with Crippen molar-refractivity contribution >= 4 is 23.2 Å². The third-order valence-electron chi connectivity index (χ3n) is 3.48. The van der Waals surface area contributed by atoms with Crippen molar-refractivity contribution in [3.8, 4) is 11.3 Å².